The Morgan fingerprint density at radius 3 is 2.53 bits per heavy atom. The van der Waals surface area contributed by atoms with Crippen molar-refractivity contribution in [2.75, 3.05) is 6.61 Å². The van der Waals surface area contributed by atoms with Crippen molar-refractivity contribution < 1.29 is 14.3 Å². The largest absolute Gasteiger partial charge is 0.369 e. The molecule has 164 valence electrons. The van der Waals surface area contributed by atoms with Crippen LogP contribution in [0.15, 0.2) is 54.1 Å². The van der Waals surface area contributed by atoms with Crippen LogP contribution in [0.3, 0.4) is 0 Å². The van der Waals surface area contributed by atoms with Crippen molar-refractivity contribution in [1.29, 1.82) is 0 Å². The summed E-state index contributed by atoms with van der Waals surface area (Å²) in [5, 5.41) is 0. The van der Waals surface area contributed by atoms with E-state index in [0.717, 1.165) is 18.4 Å². The zero-order chi connectivity index (χ0) is 22.1. The van der Waals surface area contributed by atoms with Crippen LogP contribution >= 0.6 is 0 Å². The van der Waals surface area contributed by atoms with Crippen molar-refractivity contribution >= 4 is 11.6 Å². The van der Waals surface area contributed by atoms with Crippen LogP contribution in [0.2, 0.25) is 0 Å². The number of benzene rings is 1. The number of ketones is 2. The molecule has 3 nitrogen and oxygen atoms in total. The van der Waals surface area contributed by atoms with E-state index in [1.807, 2.05) is 44.2 Å². The van der Waals surface area contributed by atoms with Crippen LogP contribution in [0, 0.1) is 29.6 Å². The molecule has 30 heavy (non-hydrogen) atoms. The van der Waals surface area contributed by atoms with Crippen LogP contribution in [-0.2, 0) is 20.9 Å². The molecule has 0 heterocycles. The topological polar surface area (TPSA) is 43.4 Å². The standard InChI is InChI=1S/C27H38O3/c1-19(2)10-9-11-20(3)24-15-14-21(4)27(29)25(24)16-22(5)26(28)18-30-17-23-12-7-6-8-13-23/h6-13,20-22,24-25H,14-18H2,1-5H3/b11-9+/t20-,21-,22?,24+,25?/m0/s1. The number of Topliss-reactive ketones (excluding diaryl/α,β-unsaturated/α-hetero) is 2. The van der Waals surface area contributed by atoms with E-state index in [1.54, 1.807) is 0 Å². The lowest BCUT2D eigenvalue weighted by Gasteiger charge is -2.37. The van der Waals surface area contributed by atoms with Crippen LogP contribution in [-0.4, -0.2) is 18.2 Å². The molecule has 2 unspecified atom stereocenters. The van der Waals surface area contributed by atoms with E-state index < -0.39 is 0 Å². The van der Waals surface area contributed by atoms with Crippen LogP contribution in [0.25, 0.3) is 0 Å². The fourth-order valence-corrected chi connectivity index (χ4v) is 4.35. The monoisotopic (exact) mass is 410 g/mol. The molecule has 2 rings (SSSR count). The lowest BCUT2D eigenvalue weighted by molar-refractivity contribution is -0.134. The highest BCUT2D eigenvalue weighted by Crippen LogP contribution is 2.39. The third-order valence-corrected chi connectivity index (χ3v) is 6.33. The Balaban J connectivity index is 1.96. The molecule has 0 spiro atoms. The minimum Gasteiger partial charge on any atom is -0.369 e. The summed E-state index contributed by atoms with van der Waals surface area (Å²) < 4.78 is 5.64. The van der Waals surface area contributed by atoms with E-state index in [0.29, 0.717) is 30.6 Å². The molecule has 0 radical (unpaired) electrons. The highest BCUT2D eigenvalue weighted by atomic mass is 16.5. The smallest absolute Gasteiger partial charge is 0.161 e. The Bertz CT molecular complexity index is 743. The molecule has 0 amide bonds. The summed E-state index contributed by atoms with van der Waals surface area (Å²) in [5.41, 5.74) is 2.32. The van der Waals surface area contributed by atoms with E-state index in [-0.39, 0.29) is 30.1 Å². The fourth-order valence-electron chi connectivity index (χ4n) is 4.35. The van der Waals surface area contributed by atoms with E-state index >= 15 is 0 Å². The Kier molecular flexibility index (Phi) is 9.71. The third-order valence-electron chi connectivity index (χ3n) is 6.33. The molecule has 1 saturated carbocycles. The van der Waals surface area contributed by atoms with Gasteiger partial charge in [-0.05, 0) is 50.5 Å². The first kappa shape index (κ1) is 24.3. The minimum absolute atomic E-state index is 0.0480. The first-order chi connectivity index (χ1) is 14.3. The molecule has 3 heteroatoms. The van der Waals surface area contributed by atoms with Gasteiger partial charge in [-0.15, -0.1) is 0 Å². The van der Waals surface area contributed by atoms with Gasteiger partial charge in [-0.25, -0.2) is 0 Å². The summed E-state index contributed by atoms with van der Waals surface area (Å²) in [5.74, 6) is 0.915. The number of ether oxygens (including phenoxy) is 1. The average Bonchev–Trinajstić information content (AvgIpc) is 2.71. The van der Waals surface area contributed by atoms with Crippen molar-refractivity contribution in [3.63, 3.8) is 0 Å². The van der Waals surface area contributed by atoms with Crippen molar-refractivity contribution in [1.82, 2.24) is 0 Å². The lowest BCUT2D eigenvalue weighted by atomic mass is 9.66. The molecule has 0 N–H and O–H groups in total. The average molecular weight is 411 g/mol. The summed E-state index contributed by atoms with van der Waals surface area (Å²) in [6, 6.07) is 9.87. The number of allylic oxidation sites excluding steroid dienone is 4. The molecule has 0 saturated heterocycles. The van der Waals surface area contributed by atoms with Gasteiger partial charge in [-0.1, -0.05) is 74.9 Å². The normalized spacial score (nSPS) is 23.9. The summed E-state index contributed by atoms with van der Waals surface area (Å²) in [4.78, 5) is 25.7. The van der Waals surface area contributed by atoms with Gasteiger partial charge in [0.1, 0.15) is 12.4 Å². The maximum absolute atomic E-state index is 13.0. The van der Waals surface area contributed by atoms with E-state index in [9.17, 15) is 9.59 Å². The predicted octanol–water partition coefficient (Wildman–Crippen LogP) is 6.19. The summed E-state index contributed by atoms with van der Waals surface area (Å²) >= 11 is 0. The van der Waals surface area contributed by atoms with Crippen LogP contribution < -0.4 is 0 Å². The molecule has 1 aliphatic carbocycles. The summed E-state index contributed by atoms with van der Waals surface area (Å²) in [6.07, 6.45) is 9.04. The van der Waals surface area contributed by atoms with Crippen LogP contribution in [0.4, 0.5) is 0 Å². The second-order valence-electron chi connectivity index (χ2n) is 9.22. The number of hydrogen-bond donors (Lipinski definition) is 0. The highest BCUT2D eigenvalue weighted by molar-refractivity contribution is 5.86. The molecule has 1 aromatic rings. The van der Waals surface area contributed by atoms with Crippen molar-refractivity contribution in [3.8, 4) is 0 Å². The first-order valence-corrected chi connectivity index (χ1v) is 11.3. The van der Waals surface area contributed by atoms with Crippen LogP contribution in [0.1, 0.15) is 59.4 Å². The van der Waals surface area contributed by atoms with Gasteiger partial charge in [-0.2, -0.15) is 0 Å². The molecule has 1 fully saturated rings. The lowest BCUT2D eigenvalue weighted by Crippen LogP contribution is -2.38. The SMILES string of the molecule is CC(C)=C/C=C/[C@H](C)[C@H]1CC[C@H](C)C(=O)C1CC(C)C(=O)COCc1ccccc1. The van der Waals surface area contributed by atoms with Gasteiger partial charge < -0.3 is 4.74 Å². The Hall–Kier alpha value is -2.00. The third kappa shape index (κ3) is 7.36. The second-order valence-corrected chi connectivity index (χ2v) is 9.22. The number of carbonyl (C=O) groups excluding carboxylic acids is 2. The molecule has 0 aliphatic heterocycles. The molecular weight excluding hydrogens is 372 g/mol. The van der Waals surface area contributed by atoms with Gasteiger partial charge in [0.2, 0.25) is 0 Å². The number of rotatable bonds is 10. The summed E-state index contributed by atoms with van der Waals surface area (Å²) in [7, 11) is 0. The molecule has 1 aromatic carbocycles. The molecule has 1 aliphatic rings. The Morgan fingerprint density at radius 2 is 1.87 bits per heavy atom. The Labute approximate surface area is 182 Å². The van der Waals surface area contributed by atoms with Gasteiger partial charge in [-0.3, -0.25) is 9.59 Å². The fraction of sp³-hybridized carbons (Fsp3) is 0.556. The maximum Gasteiger partial charge on any atom is 0.161 e. The molecule has 0 bridgehead atoms. The number of carbonyl (C=O) groups is 2. The van der Waals surface area contributed by atoms with Gasteiger partial charge in [0.15, 0.2) is 5.78 Å². The predicted molar refractivity (Wildman–Crippen MR) is 123 cm³/mol. The molecule has 0 aromatic heterocycles. The van der Waals surface area contributed by atoms with E-state index in [1.165, 1.54) is 5.57 Å². The molecule has 5 atom stereocenters. The second kappa shape index (κ2) is 12.0. The van der Waals surface area contributed by atoms with Crippen molar-refractivity contribution in [3.05, 3.63) is 59.7 Å². The van der Waals surface area contributed by atoms with Crippen LogP contribution in [0.5, 0.6) is 0 Å². The zero-order valence-corrected chi connectivity index (χ0v) is 19.3. The van der Waals surface area contributed by atoms with Crippen molar-refractivity contribution in [2.24, 2.45) is 29.6 Å². The number of hydrogen-bond acceptors (Lipinski definition) is 3. The van der Waals surface area contributed by atoms with Gasteiger partial charge >= 0.3 is 0 Å². The maximum atomic E-state index is 13.0. The Morgan fingerprint density at radius 1 is 1.17 bits per heavy atom. The summed E-state index contributed by atoms with van der Waals surface area (Å²) in [6.45, 7) is 10.9. The quantitative estimate of drug-likeness (QED) is 0.432. The molecular formula is C27H38O3. The first-order valence-electron chi connectivity index (χ1n) is 11.3. The highest BCUT2D eigenvalue weighted by Gasteiger charge is 2.39. The minimum atomic E-state index is -0.170. The van der Waals surface area contributed by atoms with Gasteiger partial charge in [0.05, 0.1) is 6.61 Å². The zero-order valence-electron chi connectivity index (χ0n) is 19.3. The van der Waals surface area contributed by atoms with Crippen molar-refractivity contribution in [2.45, 2.75) is 60.5 Å². The van der Waals surface area contributed by atoms with E-state index in [4.69, 9.17) is 4.74 Å². The van der Waals surface area contributed by atoms with E-state index in [2.05, 4.69) is 39.0 Å². The van der Waals surface area contributed by atoms with Gasteiger partial charge in [0, 0.05) is 17.8 Å². The van der Waals surface area contributed by atoms with Gasteiger partial charge in [0.25, 0.3) is 0 Å².